The van der Waals surface area contributed by atoms with Crippen molar-refractivity contribution in [3.63, 3.8) is 0 Å². The molecule has 1 saturated heterocycles. The Labute approximate surface area is 257 Å². The Bertz CT molecular complexity index is 1450. The fourth-order valence-corrected chi connectivity index (χ4v) is 6.92. The van der Waals surface area contributed by atoms with Gasteiger partial charge in [-0.05, 0) is 57.2 Å². The van der Waals surface area contributed by atoms with Crippen LogP contribution in [0.5, 0.6) is 0 Å². The molecular weight excluding hydrogens is 562 g/mol. The number of para-hydroxylation sites is 1. The first-order chi connectivity index (χ1) is 20.4. The SMILES string of the molecule is CCC(=O)S[C@]1(Cc2ccccc2)CCCN(C(=O)C(Cc2c[nH]c3ccccc23)NC(=O)C(C)(C)NC(=O)C(C)N)C1. The highest BCUT2D eigenvalue weighted by Crippen LogP contribution is 2.39. The lowest BCUT2D eigenvalue weighted by Gasteiger charge is -2.43. The van der Waals surface area contributed by atoms with Crippen LogP contribution < -0.4 is 16.4 Å². The first-order valence-corrected chi connectivity index (χ1v) is 15.7. The highest BCUT2D eigenvalue weighted by molar-refractivity contribution is 8.14. The normalized spacial score (nSPS) is 18.6. The second-order valence-corrected chi connectivity index (χ2v) is 13.6. The van der Waals surface area contributed by atoms with Gasteiger partial charge < -0.3 is 26.3 Å². The van der Waals surface area contributed by atoms with Crippen LogP contribution in [0, 0.1) is 0 Å². The van der Waals surface area contributed by atoms with Crippen LogP contribution in [-0.2, 0) is 32.0 Å². The van der Waals surface area contributed by atoms with Crippen LogP contribution in [0.25, 0.3) is 10.9 Å². The first-order valence-electron chi connectivity index (χ1n) is 14.9. The van der Waals surface area contributed by atoms with E-state index in [1.54, 1.807) is 25.7 Å². The summed E-state index contributed by atoms with van der Waals surface area (Å²) in [4.78, 5) is 58.1. The highest BCUT2D eigenvalue weighted by atomic mass is 32.2. The number of hydrogen-bond acceptors (Lipinski definition) is 6. The molecule has 10 heteroatoms. The number of hydrogen-bond donors (Lipinski definition) is 4. The Hall–Kier alpha value is -3.63. The number of carbonyl (C=O) groups excluding carboxylic acids is 4. The average Bonchev–Trinajstić information content (AvgIpc) is 3.39. The molecule has 2 unspecified atom stereocenters. The van der Waals surface area contributed by atoms with E-state index < -0.39 is 34.2 Å². The summed E-state index contributed by atoms with van der Waals surface area (Å²) >= 11 is 1.35. The number of H-pyrrole nitrogens is 1. The summed E-state index contributed by atoms with van der Waals surface area (Å²) in [5.74, 6) is -1.16. The summed E-state index contributed by atoms with van der Waals surface area (Å²) in [6.07, 6.45) is 4.74. The van der Waals surface area contributed by atoms with Crippen molar-refractivity contribution in [3.8, 4) is 0 Å². The lowest BCUT2D eigenvalue weighted by molar-refractivity contribution is -0.139. The van der Waals surface area contributed by atoms with Crippen LogP contribution in [-0.4, -0.2) is 68.2 Å². The summed E-state index contributed by atoms with van der Waals surface area (Å²) in [5, 5.41) is 6.72. The molecule has 5 N–H and O–H groups in total. The predicted molar refractivity (Wildman–Crippen MR) is 171 cm³/mol. The van der Waals surface area contributed by atoms with E-state index in [-0.39, 0.29) is 17.4 Å². The monoisotopic (exact) mass is 605 g/mol. The highest BCUT2D eigenvalue weighted by Gasteiger charge is 2.42. The predicted octanol–water partition coefficient (Wildman–Crippen LogP) is 3.71. The number of nitrogens with zero attached hydrogens (tertiary/aromatic N) is 1. The maximum Gasteiger partial charge on any atom is 0.245 e. The molecule has 0 spiro atoms. The molecule has 43 heavy (non-hydrogen) atoms. The zero-order valence-corrected chi connectivity index (χ0v) is 26.3. The van der Waals surface area contributed by atoms with Crippen LogP contribution >= 0.6 is 11.8 Å². The van der Waals surface area contributed by atoms with Gasteiger partial charge in [-0.3, -0.25) is 19.2 Å². The lowest BCUT2D eigenvalue weighted by atomic mass is 9.89. The number of carbonyl (C=O) groups is 4. The number of nitrogens with one attached hydrogen (secondary N) is 3. The largest absolute Gasteiger partial charge is 0.361 e. The number of rotatable bonds is 11. The summed E-state index contributed by atoms with van der Waals surface area (Å²) < 4.78 is -0.470. The number of amides is 3. The van der Waals surface area contributed by atoms with Gasteiger partial charge in [-0.15, -0.1) is 0 Å². The van der Waals surface area contributed by atoms with E-state index in [1.807, 2.05) is 55.6 Å². The molecule has 230 valence electrons. The number of likely N-dealkylation sites (tertiary alicyclic amines) is 1. The van der Waals surface area contributed by atoms with Crippen molar-refractivity contribution in [1.82, 2.24) is 20.5 Å². The Morgan fingerprint density at radius 3 is 2.49 bits per heavy atom. The molecule has 2 aromatic carbocycles. The maximum atomic E-state index is 14.3. The van der Waals surface area contributed by atoms with E-state index >= 15 is 0 Å². The van der Waals surface area contributed by atoms with Gasteiger partial charge in [-0.25, -0.2) is 0 Å². The van der Waals surface area contributed by atoms with Gasteiger partial charge in [0.05, 0.1) is 6.04 Å². The van der Waals surface area contributed by atoms with E-state index in [0.29, 0.717) is 25.9 Å². The quantitative estimate of drug-likeness (QED) is 0.263. The molecule has 1 aromatic heterocycles. The van der Waals surface area contributed by atoms with Gasteiger partial charge in [0, 0.05) is 47.8 Å². The van der Waals surface area contributed by atoms with Crippen molar-refractivity contribution in [2.24, 2.45) is 5.73 Å². The van der Waals surface area contributed by atoms with Gasteiger partial charge in [0.25, 0.3) is 0 Å². The molecular formula is C33H43N5O4S. The number of aromatic amines is 1. The van der Waals surface area contributed by atoms with E-state index in [1.165, 1.54) is 11.8 Å². The van der Waals surface area contributed by atoms with Crippen LogP contribution in [0.15, 0.2) is 60.8 Å². The number of aromatic nitrogens is 1. The van der Waals surface area contributed by atoms with Gasteiger partial charge in [0.15, 0.2) is 5.12 Å². The number of benzene rings is 2. The van der Waals surface area contributed by atoms with Crippen molar-refractivity contribution >= 4 is 45.5 Å². The smallest absolute Gasteiger partial charge is 0.245 e. The molecule has 0 bridgehead atoms. The third-order valence-electron chi connectivity index (χ3n) is 7.96. The van der Waals surface area contributed by atoms with Crippen LogP contribution in [0.2, 0.25) is 0 Å². The van der Waals surface area contributed by atoms with Gasteiger partial charge in [0.2, 0.25) is 17.7 Å². The minimum Gasteiger partial charge on any atom is -0.361 e. The fourth-order valence-electron chi connectivity index (χ4n) is 5.59. The van der Waals surface area contributed by atoms with E-state index in [9.17, 15) is 19.2 Å². The van der Waals surface area contributed by atoms with Gasteiger partial charge in [-0.2, -0.15) is 0 Å². The summed E-state index contributed by atoms with van der Waals surface area (Å²) in [6, 6.07) is 16.2. The fraction of sp³-hybridized carbons (Fsp3) is 0.455. The molecule has 1 aliphatic rings. The summed E-state index contributed by atoms with van der Waals surface area (Å²) in [5.41, 5.74) is 7.38. The zero-order chi connectivity index (χ0) is 31.2. The maximum absolute atomic E-state index is 14.3. The molecule has 1 fully saturated rings. The van der Waals surface area contributed by atoms with Gasteiger partial charge in [-0.1, -0.05) is 67.2 Å². The van der Waals surface area contributed by atoms with Crippen molar-refractivity contribution in [2.75, 3.05) is 13.1 Å². The molecule has 9 nitrogen and oxygen atoms in total. The molecule has 0 saturated carbocycles. The second-order valence-electron chi connectivity index (χ2n) is 12.0. The number of fused-ring (bicyclic) bond motifs is 1. The van der Waals surface area contributed by atoms with E-state index in [0.717, 1.165) is 34.9 Å². The molecule has 1 aliphatic heterocycles. The van der Waals surface area contributed by atoms with E-state index in [4.69, 9.17) is 5.73 Å². The van der Waals surface area contributed by atoms with Crippen LogP contribution in [0.3, 0.4) is 0 Å². The molecule has 0 aliphatic carbocycles. The Morgan fingerprint density at radius 1 is 1.09 bits per heavy atom. The lowest BCUT2D eigenvalue weighted by Crippen LogP contribution is -2.62. The standard InChI is InChI=1S/C33H43N5O4S/c1-5-28(39)43-33(19-23-12-7-6-8-13-23)16-11-17-38(21-33)30(41)27(18-24-20-35-26-15-10-9-14-25(24)26)36-31(42)32(3,4)37-29(40)22(2)34/h6-10,12-15,20,22,27,35H,5,11,16-19,21,34H2,1-4H3,(H,36,42)(H,37,40)/t22?,27?,33-/m0/s1. The molecule has 4 rings (SSSR count). The Morgan fingerprint density at radius 2 is 1.79 bits per heavy atom. The molecule has 3 amide bonds. The topological polar surface area (TPSA) is 137 Å². The second kappa shape index (κ2) is 13.8. The van der Waals surface area contributed by atoms with Gasteiger partial charge >= 0.3 is 0 Å². The average molecular weight is 606 g/mol. The van der Waals surface area contributed by atoms with Crippen molar-refractivity contribution < 1.29 is 19.2 Å². The van der Waals surface area contributed by atoms with Crippen molar-refractivity contribution in [1.29, 1.82) is 0 Å². The number of nitrogens with two attached hydrogens (primary N) is 1. The molecule has 2 heterocycles. The molecule has 3 atom stereocenters. The molecule has 0 radical (unpaired) electrons. The minimum atomic E-state index is -1.30. The summed E-state index contributed by atoms with van der Waals surface area (Å²) in [6.45, 7) is 7.51. The first kappa shape index (κ1) is 32.3. The number of piperidine rings is 1. The third kappa shape index (κ3) is 8.06. The van der Waals surface area contributed by atoms with Crippen molar-refractivity contribution in [3.05, 3.63) is 71.9 Å². The molecule has 3 aromatic rings. The summed E-state index contributed by atoms with van der Waals surface area (Å²) in [7, 11) is 0. The van der Waals surface area contributed by atoms with Crippen LogP contribution in [0.4, 0.5) is 0 Å². The van der Waals surface area contributed by atoms with Crippen LogP contribution in [0.1, 0.15) is 58.1 Å². The van der Waals surface area contributed by atoms with E-state index in [2.05, 4.69) is 27.8 Å². The van der Waals surface area contributed by atoms with Gasteiger partial charge in [0.1, 0.15) is 11.6 Å². The Kier molecular flexibility index (Phi) is 10.3. The zero-order valence-electron chi connectivity index (χ0n) is 25.4. The Balaban J connectivity index is 1.63. The number of thioether (sulfide) groups is 1. The minimum absolute atomic E-state index is 0.0977. The van der Waals surface area contributed by atoms with Crippen molar-refractivity contribution in [2.45, 2.75) is 82.2 Å². The third-order valence-corrected chi connectivity index (χ3v) is 9.39.